The number of aliphatic carboxylic acids is 1. The SMILES string of the molecule is Cc1c(-c2nc3cc(CN(C)CCN(C)C)c(OC(F)F)cc3o2)cccc1-c1cccc(-c2nc3cc(CN4CCC[C@H]4C(=O)O)c(OC(F)F)cc3o2)c1C. The van der Waals surface area contributed by atoms with Gasteiger partial charge in [0, 0.05) is 60.6 Å². The molecule has 0 radical (unpaired) electrons. The van der Waals surface area contributed by atoms with Crippen LogP contribution in [-0.2, 0) is 17.9 Å². The Balaban J connectivity index is 1.21. The van der Waals surface area contributed by atoms with Crippen LogP contribution < -0.4 is 9.47 Å². The molecule has 57 heavy (non-hydrogen) atoms. The number of alkyl halides is 4. The first-order chi connectivity index (χ1) is 27.2. The van der Waals surface area contributed by atoms with E-state index in [1.807, 2.05) is 81.2 Å². The minimum Gasteiger partial charge on any atom is -0.480 e. The van der Waals surface area contributed by atoms with E-state index in [4.69, 9.17) is 28.3 Å². The van der Waals surface area contributed by atoms with Crippen molar-refractivity contribution in [1.82, 2.24) is 24.7 Å². The first-order valence-electron chi connectivity index (χ1n) is 18.5. The van der Waals surface area contributed by atoms with E-state index >= 15 is 0 Å². The highest BCUT2D eigenvalue weighted by Crippen LogP contribution is 2.40. The Morgan fingerprint density at radius 3 is 1.82 bits per heavy atom. The monoisotopic (exact) mass is 789 g/mol. The van der Waals surface area contributed by atoms with Crippen molar-refractivity contribution in [2.45, 2.75) is 59.0 Å². The van der Waals surface area contributed by atoms with Crippen LogP contribution in [0.15, 0.2) is 69.5 Å². The van der Waals surface area contributed by atoms with Gasteiger partial charge in [0.2, 0.25) is 11.8 Å². The average molecular weight is 790 g/mol. The number of carboxylic acids is 1. The molecule has 15 heteroatoms. The summed E-state index contributed by atoms with van der Waals surface area (Å²) in [6.45, 7) is 0.275. The van der Waals surface area contributed by atoms with Gasteiger partial charge in [0.05, 0.1) is 0 Å². The zero-order valence-corrected chi connectivity index (χ0v) is 32.2. The van der Waals surface area contributed by atoms with Gasteiger partial charge in [-0.2, -0.15) is 17.6 Å². The lowest BCUT2D eigenvalue weighted by Gasteiger charge is -2.22. The van der Waals surface area contributed by atoms with Gasteiger partial charge >= 0.3 is 19.2 Å². The normalized spacial score (nSPS) is 15.0. The molecule has 1 saturated heterocycles. The minimum absolute atomic E-state index is 0.0291. The average Bonchev–Trinajstić information content (AvgIpc) is 3.89. The third-order valence-corrected chi connectivity index (χ3v) is 10.4. The van der Waals surface area contributed by atoms with Crippen LogP contribution >= 0.6 is 0 Å². The maximum Gasteiger partial charge on any atom is 0.387 e. The zero-order valence-electron chi connectivity index (χ0n) is 32.2. The van der Waals surface area contributed by atoms with Crippen molar-refractivity contribution in [1.29, 1.82) is 0 Å². The van der Waals surface area contributed by atoms with Crippen molar-refractivity contribution in [3.63, 3.8) is 0 Å². The van der Waals surface area contributed by atoms with E-state index in [-0.39, 0.29) is 29.5 Å². The fraction of sp³-hybridized carbons (Fsp3) is 0.357. The first kappa shape index (κ1) is 39.7. The van der Waals surface area contributed by atoms with Crippen molar-refractivity contribution >= 4 is 28.2 Å². The van der Waals surface area contributed by atoms with Crippen molar-refractivity contribution in [3.8, 4) is 45.5 Å². The Kier molecular flexibility index (Phi) is 11.5. The first-order valence-corrected chi connectivity index (χ1v) is 18.5. The van der Waals surface area contributed by atoms with Gasteiger partial charge in [0.25, 0.3) is 0 Å². The number of fused-ring (bicyclic) bond motifs is 2. The van der Waals surface area contributed by atoms with Crippen LogP contribution in [0.4, 0.5) is 17.6 Å². The lowest BCUT2D eigenvalue weighted by Crippen LogP contribution is -2.35. The summed E-state index contributed by atoms with van der Waals surface area (Å²) in [5.41, 5.74) is 7.25. The van der Waals surface area contributed by atoms with Crippen LogP contribution in [0.3, 0.4) is 0 Å². The number of carboxylic acid groups (broad SMARTS) is 1. The quantitative estimate of drug-likeness (QED) is 0.101. The molecule has 0 aliphatic carbocycles. The molecule has 0 bridgehead atoms. The Bertz CT molecular complexity index is 2410. The van der Waals surface area contributed by atoms with Crippen LogP contribution in [-0.4, -0.2) is 95.8 Å². The highest BCUT2D eigenvalue weighted by atomic mass is 19.3. The molecule has 0 saturated carbocycles. The van der Waals surface area contributed by atoms with E-state index in [1.165, 1.54) is 12.1 Å². The highest BCUT2D eigenvalue weighted by Gasteiger charge is 2.31. The molecule has 1 aliphatic rings. The summed E-state index contributed by atoms with van der Waals surface area (Å²) in [6.07, 6.45) is 1.15. The summed E-state index contributed by atoms with van der Waals surface area (Å²) < 4.78 is 76.1. The molecule has 4 aromatic carbocycles. The van der Waals surface area contributed by atoms with E-state index in [2.05, 4.69) is 0 Å². The predicted molar refractivity (Wildman–Crippen MR) is 207 cm³/mol. The maximum atomic E-state index is 13.5. The number of likely N-dealkylation sites (N-methyl/N-ethyl adjacent to an activating group) is 2. The molecule has 0 amide bonds. The standard InChI is InChI=1S/C42H43F4N5O6/c1-23-27(9-6-11-29(23)38-47-31-17-25(21-50(5)16-15-49(3)4)34(56-41(43)44)19-36(31)54-38)28-10-7-12-30(24(28)2)39-48-32-18-26(22-51-14-8-13-33(51)40(52)53)35(57-42(45)46)20-37(32)55-39/h6-7,9-12,17-20,33,41-42H,8,13-16,21-22H2,1-5H3,(H,52,53)/t33-/m0/s1. The lowest BCUT2D eigenvalue weighted by atomic mass is 9.91. The largest absolute Gasteiger partial charge is 0.480 e. The number of likely N-dealkylation sites (tertiary alicyclic amines) is 1. The zero-order chi connectivity index (χ0) is 40.5. The second-order valence-electron chi connectivity index (χ2n) is 14.6. The summed E-state index contributed by atoms with van der Waals surface area (Å²) in [4.78, 5) is 27.1. The highest BCUT2D eigenvalue weighted by molar-refractivity contribution is 5.85. The number of oxazole rings is 2. The lowest BCUT2D eigenvalue weighted by molar-refractivity contribution is -0.142. The number of benzene rings is 4. The number of hydrogen-bond donors (Lipinski definition) is 1. The van der Waals surface area contributed by atoms with Gasteiger partial charge in [-0.05, 0) is 101 Å². The van der Waals surface area contributed by atoms with E-state index in [9.17, 15) is 27.5 Å². The van der Waals surface area contributed by atoms with Crippen molar-refractivity contribution in [2.24, 2.45) is 0 Å². The van der Waals surface area contributed by atoms with E-state index in [0.717, 1.165) is 35.3 Å². The molecule has 1 N–H and O–H groups in total. The second kappa shape index (κ2) is 16.5. The molecule has 1 atom stereocenters. The fourth-order valence-electron chi connectivity index (χ4n) is 7.46. The van der Waals surface area contributed by atoms with Crippen molar-refractivity contribution < 1.29 is 45.8 Å². The Labute approximate surface area is 326 Å². The maximum absolute atomic E-state index is 13.5. The summed E-state index contributed by atoms with van der Waals surface area (Å²) in [6, 6.07) is 16.9. The summed E-state index contributed by atoms with van der Waals surface area (Å²) in [7, 11) is 5.85. The summed E-state index contributed by atoms with van der Waals surface area (Å²) in [5.74, 6) is -0.443. The minimum atomic E-state index is -3.09. The topological polar surface area (TPSA) is 118 Å². The molecule has 300 valence electrons. The smallest absolute Gasteiger partial charge is 0.387 e. The van der Waals surface area contributed by atoms with Crippen LogP contribution in [0, 0.1) is 13.8 Å². The number of rotatable bonds is 15. The van der Waals surface area contributed by atoms with E-state index < -0.39 is 25.2 Å². The van der Waals surface area contributed by atoms with Gasteiger partial charge in [-0.1, -0.05) is 24.3 Å². The third-order valence-electron chi connectivity index (χ3n) is 10.4. The molecular formula is C42H43F4N5O6. The van der Waals surface area contributed by atoms with Crippen molar-refractivity contribution in [2.75, 3.05) is 40.8 Å². The predicted octanol–water partition coefficient (Wildman–Crippen LogP) is 8.83. The van der Waals surface area contributed by atoms with Gasteiger partial charge in [-0.3, -0.25) is 9.69 Å². The molecule has 6 aromatic rings. The Hall–Kier alpha value is -5.51. The molecule has 11 nitrogen and oxygen atoms in total. The molecule has 2 aromatic heterocycles. The second-order valence-corrected chi connectivity index (χ2v) is 14.6. The van der Waals surface area contributed by atoms with Gasteiger partial charge < -0.3 is 33.2 Å². The van der Waals surface area contributed by atoms with Crippen LogP contribution in [0.1, 0.15) is 35.1 Å². The molecule has 0 spiro atoms. The Morgan fingerprint density at radius 1 is 0.807 bits per heavy atom. The fourth-order valence-corrected chi connectivity index (χ4v) is 7.46. The van der Waals surface area contributed by atoms with Gasteiger partial charge in [0.1, 0.15) is 28.6 Å². The van der Waals surface area contributed by atoms with Gasteiger partial charge in [0.15, 0.2) is 11.2 Å². The van der Waals surface area contributed by atoms with E-state index in [1.54, 1.807) is 17.0 Å². The molecule has 0 unspecified atom stereocenters. The molecular weight excluding hydrogens is 746 g/mol. The van der Waals surface area contributed by atoms with Crippen LogP contribution in [0.25, 0.3) is 56.2 Å². The molecule has 3 heterocycles. The van der Waals surface area contributed by atoms with Gasteiger partial charge in [-0.25, -0.2) is 9.97 Å². The number of aromatic nitrogens is 2. The number of carbonyl (C=O) groups is 1. The van der Waals surface area contributed by atoms with Crippen LogP contribution in [0.5, 0.6) is 11.5 Å². The van der Waals surface area contributed by atoms with Crippen molar-refractivity contribution in [3.05, 3.63) is 82.9 Å². The molecule has 1 fully saturated rings. The number of halogens is 4. The van der Waals surface area contributed by atoms with Gasteiger partial charge in [-0.15, -0.1) is 0 Å². The third kappa shape index (κ3) is 8.60. The number of hydrogen-bond acceptors (Lipinski definition) is 10. The van der Waals surface area contributed by atoms with E-state index in [0.29, 0.717) is 70.7 Å². The Morgan fingerprint density at radius 2 is 1.32 bits per heavy atom. The number of ether oxygens (including phenoxy) is 2. The summed E-state index contributed by atoms with van der Waals surface area (Å²) in [5, 5.41) is 9.66. The number of nitrogens with zero attached hydrogens (tertiary/aromatic N) is 5. The molecule has 1 aliphatic heterocycles. The molecule has 7 rings (SSSR count). The summed E-state index contributed by atoms with van der Waals surface area (Å²) >= 11 is 0. The van der Waals surface area contributed by atoms with Crippen LogP contribution in [0.2, 0.25) is 0 Å².